The number of rotatable bonds is 7. The van der Waals surface area contributed by atoms with Gasteiger partial charge >= 0.3 is 6.03 Å². The van der Waals surface area contributed by atoms with Crippen LogP contribution in [0, 0.1) is 0 Å². The van der Waals surface area contributed by atoms with E-state index in [-0.39, 0.29) is 18.7 Å². The highest BCUT2D eigenvalue weighted by atomic mass is 16.3. The van der Waals surface area contributed by atoms with Crippen LogP contribution in [0.4, 0.5) is 4.79 Å². The maximum Gasteiger partial charge on any atom is 0.315 e. The maximum atomic E-state index is 11.4. The van der Waals surface area contributed by atoms with Gasteiger partial charge in [-0.15, -0.1) is 0 Å². The molecule has 0 radical (unpaired) electrons. The summed E-state index contributed by atoms with van der Waals surface area (Å²) in [5.74, 6) is 0. The van der Waals surface area contributed by atoms with Crippen LogP contribution in [0.1, 0.15) is 33.6 Å². The molecule has 2 amide bonds. The maximum absolute atomic E-state index is 11.4. The Morgan fingerprint density at radius 1 is 1.41 bits per heavy atom. The third kappa shape index (κ3) is 5.37. The summed E-state index contributed by atoms with van der Waals surface area (Å²) in [6.45, 7) is 7.65. The van der Waals surface area contributed by atoms with E-state index in [1.807, 2.05) is 0 Å². The molecule has 17 heavy (non-hydrogen) atoms. The minimum absolute atomic E-state index is 0.0341. The van der Waals surface area contributed by atoms with Gasteiger partial charge in [0.2, 0.25) is 0 Å². The standard InChI is InChI=1S/C12H25N3O2/c1-9(2)15(11-4-5-11)7-6-13-12(17)14-10(3)8-16/h9-11,16H,4-8H2,1-3H3,(H2,13,14,17). The highest BCUT2D eigenvalue weighted by molar-refractivity contribution is 5.74. The second-order valence-electron chi connectivity index (χ2n) is 5.05. The van der Waals surface area contributed by atoms with E-state index in [0.717, 1.165) is 12.6 Å². The summed E-state index contributed by atoms with van der Waals surface area (Å²) in [5.41, 5.74) is 0. The minimum atomic E-state index is -0.203. The molecule has 100 valence electrons. The van der Waals surface area contributed by atoms with Crippen molar-refractivity contribution < 1.29 is 9.90 Å². The Balaban J connectivity index is 2.15. The third-order valence-corrected chi connectivity index (χ3v) is 2.99. The number of carbonyl (C=O) groups excluding carboxylic acids is 1. The Kier molecular flexibility index (Phi) is 5.71. The number of aliphatic hydroxyl groups excluding tert-OH is 1. The lowest BCUT2D eigenvalue weighted by Crippen LogP contribution is -2.46. The monoisotopic (exact) mass is 243 g/mol. The average molecular weight is 243 g/mol. The first-order chi connectivity index (χ1) is 8.04. The summed E-state index contributed by atoms with van der Waals surface area (Å²) in [4.78, 5) is 13.8. The summed E-state index contributed by atoms with van der Waals surface area (Å²) in [5, 5.41) is 14.3. The number of aliphatic hydroxyl groups is 1. The van der Waals surface area contributed by atoms with Crippen molar-refractivity contribution in [1.82, 2.24) is 15.5 Å². The van der Waals surface area contributed by atoms with Gasteiger partial charge in [-0.05, 0) is 33.6 Å². The van der Waals surface area contributed by atoms with Crippen molar-refractivity contribution >= 4 is 6.03 Å². The van der Waals surface area contributed by atoms with Crippen LogP contribution in [-0.4, -0.2) is 53.9 Å². The van der Waals surface area contributed by atoms with Gasteiger partial charge in [0.05, 0.1) is 12.6 Å². The zero-order chi connectivity index (χ0) is 12.8. The fraction of sp³-hybridized carbons (Fsp3) is 0.917. The van der Waals surface area contributed by atoms with Crippen molar-refractivity contribution in [2.45, 2.75) is 51.7 Å². The lowest BCUT2D eigenvalue weighted by atomic mass is 10.3. The normalized spacial score (nSPS) is 17.3. The predicted octanol–water partition coefficient (Wildman–Crippen LogP) is 0.539. The highest BCUT2D eigenvalue weighted by Crippen LogP contribution is 2.27. The largest absolute Gasteiger partial charge is 0.394 e. The minimum Gasteiger partial charge on any atom is -0.394 e. The Bertz CT molecular complexity index is 240. The first-order valence-corrected chi connectivity index (χ1v) is 6.45. The fourth-order valence-electron chi connectivity index (χ4n) is 1.89. The first-order valence-electron chi connectivity index (χ1n) is 6.45. The summed E-state index contributed by atoms with van der Waals surface area (Å²) >= 11 is 0. The van der Waals surface area contributed by atoms with Crippen molar-refractivity contribution in [3.05, 3.63) is 0 Å². The molecular weight excluding hydrogens is 218 g/mol. The molecule has 0 heterocycles. The van der Waals surface area contributed by atoms with Crippen molar-refractivity contribution in [2.24, 2.45) is 0 Å². The Hall–Kier alpha value is -0.810. The Morgan fingerprint density at radius 3 is 2.53 bits per heavy atom. The summed E-state index contributed by atoms with van der Waals surface area (Å²) in [6.07, 6.45) is 2.57. The molecule has 1 aliphatic carbocycles. The van der Waals surface area contributed by atoms with Gasteiger partial charge in [0.25, 0.3) is 0 Å². The van der Waals surface area contributed by atoms with E-state index in [1.165, 1.54) is 12.8 Å². The molecule has 3 N–H and O–H groups in total. The van der Waals surface area contributed by atoms with Gasteiger partial charge in [-0.25, -0.2) is 4.79 Å². The summed E-state index contributed by atoms with van der Waals surface area (Å²) in [7, 11) is 0. The number of hydrogen-bond donors (Lipinski definition) is 3. The second-order valence-corrected chi connectivity index (χ2v) is 5.05. The van der Waals surface area contributed by atoms with Crippen LogP contribution < -0.4 is 10.6 Å². The van der Waals surface area contributed by atoms with Crippen LogP contribution in [0.25, 0.3) is 0 Å². The molecule has 1 aliphatic rings. The van der Waals surface area contributed by atoms with E-state index in [4.69, 9.17) is 5.11 Å². The summed E-state index contributed by atoms with van der Waals surface area (Å²) in [6, 6.07) is 0.852. The zero-order valence-corrected chi connectivity index (χ0v) is 11.1. The van der Waals surface area contributed by atoms with Crippen molar-refractivity contribution in [3.8, 4) is 0 Å². The predicted molar refractivity (Wildman–Crippen MR) is 67.9 cm³/mol. The van der Waals surface area contributed by atoms with E-state index in [9.17, 15) is 4.79 Å². The molecule has 0 saturated heterocycles. The summed E-state index contributed by atoms with van der Waals surface area (Å²) < 4.78 is 0. The molecule has 0 aliphatic heterocycles. The molecule has 0 spiro atoms. The molecule has 0 bridgehead atoms. The number of carbonyl (C=O) groups is 1. The zero-order valence-electron chi connectivity index (χ0n) is 11.1. The van der Waals surface area contributed by atoms with E-state index >= 15 is 0 Å². The van der Waals surface area contributed by atoms with E-state index in [0.29, 0.717) is 12.6 Å². The molecule has 0 aromatic heterocycles. The van der Waals surface area contributed by atoms with Crippen LogP contribution in [-0.2, 0) is 0 Å². The molecule has 5 heteroatoms. The molecule has 1 unspecified atom stereocenters. The van der Waals surface area contributed by atoms with Gasteiger partial charge in [-0.3, -0.25) is 4.90 Å². The first kappa shape index (κ1) is 14.3. The van der Waals surface area contributed by atoms with E-state index in [2.05, 4.69) is 29.4 Å². The highest BCUT2D eigenvalue weighted by Gasteiger charge is 2.30. The van der Waals surface area contributed by atoms with Crippen LogP contribution in [0.15, 0.2) is 0 Å². The van der Waals surface area contributed by atoms with Crippen molar-refractivity contribution in [2.75, 3.05) is 19.7 Å². The number of urea groups is 1. The molecular formula is C12H25N3O2. The van der Waals surface area contributed by atoms with E-state index in [1.54, 1.807) is 6.92 Å². The lowest BCUT2D eigenvalue weighted by molar-refractivity contribution is 0.202. The van der Waals surface area contributed by atoms with Gasteiger partial charge < -0.3 is 15.7 Å². The topological polar surface area (TPSA) is 64.6 Å². The molecule has 0 aromatic carbocycles. The average Bonchev–Trinajstić information content (AvgIpc) is 3.07. The molecule has 1 fully saturated rings. The SMILES string of the molecule is CC(CO)NC(=O)NCCN(C(C)C)C1CC1. The van der Waals surface area contributed by atoms with Gasteiger partial charge in [0, 0.05) is 25.2 Å². The molecule has 1 atom stereocenters. The molecule has 0 aromatic rings. The van der Waals surface area contributed by atoms with Crippen LogP contribution in [0.2, 0.25) is 0 Å². The molecule has 1 rings (SSSR count). The second kappa shape index (κ2) is 6.81. The van der Waals surface area contributed by atoms with Gasteiger partial charge in [0.1, 0.15) is 0 Å². The Labute approximate surface area is 104 Å². The molecule has 1 saturated carbocycles. The Morgan fingerprint density at radius 2 is 2.06 bits per heavy atom. The number of amides is 2. The van der Waals surface area contributed by atoms with Gasteiger partial charge in [0.15, 0.2) is 0 Å². The van der Waals surface area contributed by atoms with E-state index < -0.39 is 0 Å². The van der Waals surface area contributed by atoms with Crippen LogP contribution >= 0.6 is 0 Å². The number of hydrogen-bond acceptors (Lipinski definition) is 3. The van der Waals surface area contributed by atoms with Gasteiger partial charge in [-0.2, -0.15) is 0 Å². The van der Waals surface area contributed by atoms with Crippen LogP contribution in [0.5, 0.6) is 0 Å². The molecule has 5 nitrogen and oxygen atoms in total. The third-order valence-electron chi connectivity index (χ3n) is 2.99. The fourth-order valence-corrected chi connectivity index (χ4v) is 1.89. The van der Waals surface area contributed by atoms with Crippen molar-refractivity contribution in [3.63, 3.8) is 0 Å². The smallest absolute Gasteiger partial charge is 0.315 e. The van der Waals surface area contributed by atoms with Crippen LogP contribution in [0.3, 0.4) is 0 Å². The quantitative estimate of drug-likeness (QED) is 0.611. The number of nitrogens with one attached hydrogen (secondary N) is 2. The number of nitrogens with zero attached hydrogens (tertiary/aromatic N) is 1. The van der Waals surface area contributed by atoms with Crippen molar-refractivity contribution in [1.29, 1.82) is 0 Å². The lowest BCUT2D eigenvalue weighted by Gasteiger charge is -2.26. The van der Waals surface area contributed by atoms with Gasteiger partial charge in [-0.1, -0.05) is 0 Å².